The van der Waals surface area contributed by atoms with Gasteiger partial charge in [-0.15, -0.1) is 0 Å². The monoisotopic (exact) mass is 495 g/mol. The van der Waals surface area contributed by atoms with Gasteiger partial charge in [-0.2, -0.15) is 0 Å². The number of rotatable bonds is 6. The van der Waals surface area contributed by atoms with Gasteiger partial charge in [0.1, 0.15) is 0 Å². The van der Waals surface area contributed by atoms with Crippen molar-refractivity contribution in [2.75, 3.05) is 29.0 Å². The third-order valence-electron chi connectivity index (χ3n) is 5.19. The number of halogens is 3. The number of carbonyl (C=O) groups excluding carboxylic acids is 1. The SMILES string of the molecule is Cn1c(-c2ccc(N3CC(F)(F)C3)cn2)cc(C(N)=O)c1-c1cc(Cl)cc(NS(C)(=O)=O)c1. The Kier molecular flexibility index (Phi) is 5.57. The summed E-state index contributed by atoms with van der Waals surface area (Å²) >= 11 is 6.19. The van der Waals surface area contributed by atoms with E-state index in [4.69, 9.17) is 17.3 Å². The van der Waals surface area contributed by atoms with E-state index in [-0.39, 0.29) is 29.4 Å². The molecule has 8 nitrogen and oxygen atoms in total. The summed E-state index contributed by atoms with van der Waals surface area (Å²) in [6.07, 6.45) is 2.51. The molecule has 1 amide bonds. The highest BCUT2D eigenvalue weighted by atomic mass is 35.5. The Hall–Kier alpha value is -3.18. The van der Waals surface area contributed by atoms with E-state index >= 15 is 0 Å². The predicted molar refractivity (Wildman–Crippen MR) is 123 cm³/mol. The Morgan fingerprint density at radius 1 is 1.21 bits per heavy atom. The summed E-state index contributed by atoms with van der Waals surface area (Å²) in [5.74, 6) is -3.38. The predicted octanol–water partition coefficient (Wildman–Crippen LogP) is 3.33. The lowest BCUT2D eigenvalue weighted by molar-refractivity contribution is -0.0262. The number of benzene rings is 1. The van der Waals surface area contributed by atoms with Gasteiger partial charge in [0.2, 0.25) is 10.0 Å². The van der Waals surface area contributed by atoms with Crippen molar-refractivity contribution in [2.45, 2.75) is 5.92 Å². The average Bonchev–Trinajstić information content (AvgIpc) is 3.02. The molecule has 0 atom stereocenters. The van der Waals surface area contributed by atoms with Crippen LogP contribution in [0.2, 0.25) is 5.02 Å². The first-order valence-corrected chi connectivity index (χ1v) is 12.0. The van der Waals surface area contributed by atoms with Gasteiger partial charge in [-0.05, 0) is 36.4 Å². The number of nitrogens with one attached hydrogen (secondary N) is 1. The molecule has 0 spiro atoms. The van der Waals surface area contributed by atoms with Crippen molar-refractivity contribution in [3.8, 4) is 22.6 Å². The minimum absolute atomic E-state index is 0.188. The molecular weight excluding hydrogens is 476 g/mol. The number of sulfonamides is 1. The van der Waals surface area contributed by atoms with Crippen molar-refractivity contribution in [3.63, 3.8) is 0 Å². The van der Waals surface area contributed by atoms with Gasteiger partial charge >= 0.3 is 0 Å². The number of primary amides is 1. The van der Waals surface area contributed by atoms with Gasteiger partial charge in [-0.3, -0.25) is 14.5 Å². The molecule has 1 aromatic carbocycles. The third kappa shape index (κ3) is 4.79. The fourth-order valence-electron chi connectivity index (χ4n) is 3.80. The van der Waals surface area contributed by atoms with Crippen LogP contribution in [0.25, 0.3) is 22.6 Å². The molecule has 1 fully saturated rings. The van der Waals surface area contributed by atoms with Crippen LogP contribution in [0.4, 0.5) is 20.2 Å². The summed E-state index contributed by atoms with van der Waals surface area (Å²) in [5, 5.41) is 0.255. The highest BCUT2D eigenvalue weighted by Gasteiger charge is 2.44. The number of anilines is 2. The first-order chi connectivity index (χ1) is 15.3. The number of pyridine rings is 1. The number of hydrogen-bond donors (Lipinski definition) is 2. The molecule has 3 aromatic rings. The second-order valence-electron chi connectivity index (χ2n) is 7.93. The molecule has 0 bridgehead atoms. The van der Waals surface area contributed by atoms with Crippen molar-refractivity contribution < 1.29 is 22.0 Å². The Morgan fingerprint density at radius 3 is 2.45 bits per heavy atom. The highest BCUT2D eigenvalue weighted by Crippen LogP contribution is 2.36. The number of nitrogens with zero attached hydrogens (tertiary/aromatic N) is 3. The quantitative estimate of drug-likeness (QED) is 0.545. The van der Waals surface area contributed by atoms with Crippen LogP contribution < -0.4 is 15.4 Å². The summed E-state index contributed by atoms with van der Waals surface area (Å²) in [6.45, 7) is -0.709. The van der Waals surface area contributed by atoms with Gasteiger partial charge in [0.25, 0.3) is 11.8 Å². The number of hydrogen-bond acceptors (Lipinski definition) is 5. The molecule has 1 aliphatic heterocycles. The molecule has 174 valence electrons. The van der Waals surface area contributed by atoms with E-state index in [2.05, 4.69) is 9.71 Å². The second-order valence-corrected chi connectivity index (χ2v) is 10.1. The first kappa shape index (κ1) is 23.0. The van der Waals surface area contributed by atoms with E-state index in [1.807, 2.05) is 0 Å². The maximum atomic E-state index is 13.1. The standard InChI is InChI=1S/C21H20ClF2N5O3S/c1-28-18(17-4-3-15(9-26-17)29-10-21(23,24)11-29)8-16(20(25)30)19(28)12-5-13(22)7-14(6-12)27-33(2,31)32/h3-9,27H,10-11H2,1-2H3,(H2,25,30). The zero-order valence-electron chi connectivity index (χ0n) is 17.6. The van der Waals surface area contributed by atoms with Crippen LogP contribution in [0.1, 0.15) is 10.4 Å². The topological polar surface area (TPSA) is 110 Å². The normalized spacial score (nSPS) is 15.2. The van der Waals surface area contributed by atoms with Crippen molar-refractivity contribution in [2.24, 2.45) is 12.8 Å². The maximum Gasteiger partial charge on any atom is 0.282 e. The number of carbonyl (C=O) groups is 1. The van der Waals surface area contributed by atoms with Gasteiger partial charge in [0.15, 0.2) is 0 Å². The molecule has 1 saturated heterocycles. The molecule has 0 saturated carbocycles. The van der Waals surface area contributed by atoms with E-state index in [0.717, 1.165) is 6.26 Å². The lowest BCUT2D eigenvalue weighted by Gasteiger charge is -2.40. The maximum absolute atomic E-state index is 13.1. The van der Waals surface area contributed by atoms with Gasteiger partial charge in [0, 0.05) is 17.6 Å². The summed E-state index contributed by atoms with van der Waals surface area (Å²) in [5.41, 5.74) is 8.54. The Morgan fingerprint density at radius 2 is 1.91 bits per heavy atom. The Balaban J connectivity index is 1.75. The summed E-state index contributed by atoms with van der Waals surface area (Å²) in [6, 6.07) is 9.49. The van der Waals surface area contributed by atoms with Crippen molar-refractivity contribution in [3.05, 3.63) is 53.2 Å². The molecule has 33 heavy (non-hydrogen) atoms. The van der Waals surface area contributed by atoms with Crippen LogP contribution in [0.3, 0.4) is 0 Å². The minimum Gasteiger partial charge on any atom is -0.366 e. The van der Waals surface area contributed by atoms with Crippen LogP contribution in [0.15, 0.2) is 42.6 Å². The van der Waals surface area contributed by atoms with Crippen LogP contribution in [0, 0.1) is 0 Å². The van der Waals surface area contributed by atoms with E-state index in [9.17, 15) is 22.0 Å². The van der Waals surface area contributed by atoms with Crippen LogP contribution in [0.5, 0.6) is 0 Å². The molecule has 4 rings (SSSR count). The Labute approximate surface area is 194 Å². The largest absolute Gasteiger partial charge is 0.366 e. The zero-order chi connectivity index (χ0) is 24.1. The molecule has 12 heteroatoms. The average molecular weight is 496 g/mol. The third-order valence-corrected chi connectivity index (χ3v) is 6.02. The lowest BCUT2D eigenvalue weighted by Crippen LogP contribution is -2.56. The van der Waals surface area contributed by atoms with E-state index in [1.165, 1.54) is 17.2 Å². The molecular formula is C21H20ClF2N5O3S. The molecule has 0 unspecified atom stereocenters. The van der Waals surface area contributed by atoms with Gasteiger partial charge in [0.05, 0.1) is 59.6 Å². The summed E-state index contributed by atoms with van der Waals surface area (Å²) in [4.78, 5) is 18.1. The number of nitrogens with two attached hydrogens (primary N) is 1. The number of aromatic nitrogens is 2. The van der Waals surface area contributed by atoms with Crippen molar-refractivity contribution in [1.29, 1.82) is 0 Å². The molecule has 2 aromatic heterocycles. The second kappa shape index (κ2) is 7.99. The zero-order valence-corrected chi connectivity index (χ0v) is 19.2. The fourth-order valence-corrected chi connectivity index (χ4v) is 4.59. The van der Waals surface area contributed by atoms with Crippen LogP contribution in [-0.4, -0.2) is 49.1 Å². The number of amides is 1. The molecule has 3 heterocycles. The molecule has 1 aliphatic rings. The van der Waals surface area contributed by atoms with Gasteiger partial charge in [-0.1, -0.05) is 11.6 Å². The van der Waals surface area contributed by atoms with Crippen LogP contribution in [-0.2, 0) is 17.1 Å². The number of alkyl halides is 2. The first-order valence-electron chi connectivity index (χ1n) is 9.70. The van der Waals surface area contributed by atoms with Crippen LogP contribution >= 0.6 is 11.6 Å². The fraction of sp³-hybridized carbons (Fsp3) is 0.238. The van der Waals surface area contributed by atoms with Crippen molar-refractivity contribution in [1.82, 2.24) is 9.55 Å². The molecule has 0 aliphatic carbocycles. The van der Waals surface area contributed by atoms with E-state index in [0.29, 0.717) is 28.3 Å². The lowest BCUT2D eigenvalue weighted by atomic mass is 10.1. The van der Waals surface area contributed by atoms with E-state index < -0.39 is 21.9 Å². The highest BCUT2D eigenvalue weighted by molar-refractivity contribution is 7.92. The van der Waals surface area contributed by atoms with Gasteiger partial charge in [-0.25, -0.2) is 17.2 Å². The van der Waals surface area contributed by atoms with Crippen molar-refractivity contribution >= 4 is 38.9 Å². The summed E-state index contributed by atoms with van der Waals surface area (Å²) in [7, 11) is -1.85. The molecule has 0 radical (unpaired) electrons. The summed E-state index contributed by atoms with van der Waals surface area (Å²) < 4.78 is 53.6. The smallest absolute Gasteiger partial charge is 0.282 e. The Bertz CT molecular complexity index is 1350. The minimum atomic E-state index is -3.55. The van der Waals surface area contributed by atoms with E-state index in [1.54, 1.807) is 41.9 Å². The molecule has 3 N–H and O–H groups in total. The van der Waals surface area contributed by atoms with Gasteiger partial charge < -0.3 is 15.2 Å².